The van der Waals surface area contributed by atoms with Crippen LogP contribution in [0.25, 0.3) is 0 Å². The molecule has 0 fully saturated rings. The van der Waals surface area contributed by atoms with Crippen LogP contribution >= 0.6 is 0 Å². The van der Waals surface area contributed by atoms with Crippen LogP contribution in [-0.4, -0.2) is 16.7 Å². The minimum atomic E-state index is -0.264. The summed E-state index contributed by atoms with van der Waals surface area (Å²) in [5.74, 6) is -0.515. The normalized spacial score (nSPS) is 9.13. The van der Waals surface area contributed by atoms with Crippen LogP contribution in [0.5, 0.6) is 0 Å². The summed E-state index contributed by atoms with van der Waals surface area (Å²) in [6.45, 7) is 2.70. The van der Waals surface area contributed by atoms with Gasteiger partial charge in [-0.1, -0.05) is 0 Å². The lowest BCUT2D eigenvalue weighted by Gasteiger charge is -2.03. The minimum Gasteiger partial charge on any atom is -0.326 e. The van der Waals surface area contributed by atoms with Gasteiger partial charge in [-0.3, -0.25) is 9.59 Å². The molecule has 5 heteroatoms. The summed E-state index contributed by atoms with van der Waals surface area (Å²) in [6, 6.07) is 4.67. The Balaban J connectivity index is 3.18. The molecule has 15 heavy (non-hydrogen) atoms. The van der Waals surface area contributed by atoms with Gasteiger partial charge in [0.05, 0.1) is 0 Å². The van der Waals surface area contributed by atoms with Crippen LogP contribution in [-0.2, 0) is 4.79 Å². The fraction of sp³-hybridized carbons (Fsp3) is 0.200. The molecule has 0 aliphatic rings. The highest BCUT2D eigenvalue weighted by Gasteiger charge is 2.06. The Hall–Kier alpha value is -2.22. The lowest BCUT2D eigenvalue weighted by Crippen LogP contribution is -2.08. The van der Waals surface area contributed by atoms with Crippen molar-refractivity contribution in [2.45, 2.75) is 13.8 Å². The molecule has 76 valence electrons. The maximum absolute atomic E-state index is 11.1. The number of anilines is 1. The van der Waals surface area contributed by atoms with Gasteiger partial charge in [-0.15, -0.1) is 0 Å². The fourth-order valence-corrected chi connectivity index (χ4v) is 1.04. The van der Waals surface area contributed by atoms with Gasteiger partial charge in [-0.05, 0) is 12.1 Å². The zero-order valence-corrected chi connectivity index (χ0v) is 8.37. The summed E-state index contributed by atoms with van der Waals surface area (Å²) >= 11 is 0. The molecule has 0 atom stereocenters. The Labute approximate surface area is 86.7 Å². The molecule has 1 aromatic rings. The molecule has 1 heterocycles. The standard InChI is InChI=1S/C10H9N3O2/c1-6(14)10-4-8(12-7(2)15)3-9(5-11)13-10/h3-4H,1-2H3,(H,12,13,15). The summed E-state index contributed by atoms with van der Waals surface area (Å²) in [7, 11) is 0. The number of Topliss-reactive ketones (excluding diaryl/α,β-unsaturated/α-hetero) is 1. The molecule has 0 bridgehead atoms. The third kappa shape index (κ3) is 2.88. The molecule has 1 rings (SSSR count). The van der Waals surface area contributed by atoms with Crippen molar-refractivity contribution < 1.29 is 9.59 Å². The highest BCUT2D eigenvalue weighted by molar-refractivity contribution is 5.95. The van der Waals surface area contributed by atoms with Crippen LogP contribution in [0.15, 0.2) is 12.1 Å². The zero-order valence-electron chi connectivity index (χ0n) is 8.37. The third-order valence-electron chi connectivity index (χ3n) is 1.62. The van der Waals surface area contributed by atoms with E-state index in [2.05, 4.69) is 10.3 Å². The molecule has 0 aliphatic carbocycles. The Bertz CT molecular complexity index is 460. The Morgan fingerprint density at radius 2 is 2.07 bits per heavy atom. The summed E-state index contributed by atoms with van der Waals surface area (Å²) < 4.78 is 0. The summed E-state index contributed by atoms with van der Waals surface area (Å²) in [6.07, 6.45) is 0. The molecule has 0 radical (unpaired) electrons. The molecule has 0 spiro atoms. The first-order valence-electron chi connectivity index (χ1n) is 4.23. The van der Waals surface area contributed by atoms with Crippen LogP contribution in [0.3, 0.4) is 0 Å². The number of hydrogen-bond donors (Lipinski definition) is 1. The number of nitriles is 1. The van der Waals surface area contributed by atoms with Crippen molar-refractivity contribution in [2.75, 3.05) is 5.32 Å². The van der Waals surface area contributed by atoms with E-state index in [1.165, 1.54) is 26.0 Å². The molecular weight excluding hydrogens is 194 g/mol. The quantitative estimate of drug-likeness (QED) is 0.730. The van der Waals surface area contributed by atoms with Crippen LogP contribution in [0.4, 0.5) is 5.69 Å². The summed E-state index contributed by atoms with van der Waals surface area (Å²) in [4.78, 5) is 25.7. The van der Waals surface area contributed by atoms with E-state index in [9.17, 15) is 9.59 Å². The highest BCUT2D eigenvalue weighted by Crippen LogP contribution is 2.11. The number of amides is 1. The van der Waals surface area contributed by atoms with Crippen LogP contribution in [0, 0.1) is 11.3 Å². The van der Waals surface area contributed by atoms with Crippen molar-refractivity contribution in [2.24, 2.45) is 0 Å². The first-order chi connectivity index (χ1) is 7.02. The average Bonchev–Trinajstić information content (AvgIpc) is 2.16. The lowest BCUT2D eigenvalue weighted by molar-refractivity contribution is -0.114. The first kappa shape index (κ1) is 10.9. The van der Waals surface area contributed by atoms with E-state index in [-0.39, 0.29) is 23.1 Å². The predicted octanol–water partition coefficient (Wildman–Crippen LogP) is 1.11. The van der Waals surface area contributed by atoms with E-state index in [1.54, 1.807) is 0 Å². The van der Waals surface area contributed by atoms with Gasteiger partial charge in [0, 0.05) is 19.5 Å². The molecule has 0 unspecified atom stereocenters. The van der Waals surface area contributed by atoms with Crippen molar-refractivity contribution >= 4 is 17.4 Å². The van der Waals surface area contributed by atoms with Crippen LogP contribution in [0.1, 0.15) is 30.0 Å². The second-order valence-electron chi connectivity index (χ2n) is 2.98. The van der Waals surface area contributed by atoms with Gasteiger partial charge in [0.2, 0.25) is 5.91 Å². The molecular formula is C10H9N3O2. The Kier molecular flexibility index (Phi) is 3.13. The van der Waals surface area contributed by atoms with E-state index in [4.69, 9.17) is 5.26 Å². The van der Waals surface area contributed by atoms with E-state index in [1.807, 2.05) is 6.07 Å². The van der Waals surface area contributed by atoms with Crippen LogP contribution in [0.2, 0.25) is 0 Å². The Morgan fingerprint density at radius 3 is 2.53 bits per heavy atom. The lowest BCUT2D eigenvalue weighted by atomic mass is 10.2. The van der Waals surface area contributed by atoms with E-state index in [0.717, 1.165) is 0 Å². The van der Waals surface area contributed by atoms with Crippen molar-refractivity contribution in [3.05, 3.63) is 23.5 Å². The van der Waals surface area contributed by atoms with Crippen molar-refractivity contribution in [1.29, 1.82) is 5.26 Å². The molecule has 0 aliphatic heterocycles. The summed E-state index contributed by atoms with van der Waals surface area (Å²) in [5, 5.41) is 11.2. The van der Waals surface area contributed by atoms with E-state index >= 15 is 0 Å². The number of pyridine rings is 1. The number of ketones is 1. The van der Waals surface area contributed by atoms with Crippen molar-refractivity contribution in [1.82, 2.24) is 4.98 Å². The molecule has 1 N–H and O–H groups in total. The fourth-order valence-electron chi connectivity index (χ4n) is 1.04. The van der Waals surface area contributed by atoms with Crippen molar-refractivity contribution in [3.8, 4) is 6.07 Å². The molecule has 0 saturated heterocycles. The topological polar surface area (TPSA) is 82.8 Å². The number of rotatable bonds is 2. The number of nitrogens with one attached hydrogen (secondary N) is 1. The smallest absolute Gasteiger partial charge is 0.221 e. The van der Waals surface area contributed by atoms with Gasteiger partial charge >= 0.3 is 0 Å². The average molecular weight is 203 g/mol. The molecule has 5 nitrogen and oxygen atoms in total. The summed E-state index contributed by atoms with van der Waals surface area (Å²) in [5.41, 5.74) is 0.670. The monoisotopic (exact) mass is 203 g/mol. The predicted molar refractivity (Wildman–Crippen MR) is 53.3 cm³/mol. The number of hydrogen-bond acceptors (Lipinski definition) is 4. The Morgan fingerprint density at radius 1 is 1.40 bits per heavy atom. The second kappa shape index (κ2) is 4.33. The largest absolute Gasteiger partial charge is 0.326 e. The second-order valence-corrected chi connectivity index (χ2v) is 2.98. The van der Waals surface area contributed by atoms with Gasteiger partial charge in [0.1, 0.15) is 17.5 Å². The molecule has 0 saturated carbocycles. The van der Waals surface area contributed by atoms with Gasteiger partial charge in [0.25, 0.3) is 0 Å². The number of nitrogens with zero attached hydrogens (tertiary/aromatic N) is 2. The number of aromatic nitrogens is 1. The number of carbonyl (C=O) groups is 2. The van der Waals surface area contributed by atoms with Gasteiger partial charge in [-0.2, -0.15) is 5.26 Å². The highest BCUT2D eigenvalue weighted by atomic mass is 16.1. The minimum absolute atomic E-state index is 0.103. The van der Waals surface area contributed by atoms with Crippen molar-refractivity contribution in [3.63, 3.8) is 0 Å². The molecule has 1 aromatic heterocycles. The third-order valence-corrected chi connectivity index (χ3v) is 1.62. The maximum atomic E-state index is 11.1. The first-order valence-corrected chi connectivity index (χ1v) is 4.23. The molecule has 0 aromatic carbocycles. The maximum Gasteiger partial charge on any atom is 0.221 e. The molecule has 1 amide bonds. The van der Waals surface area contributed by atoms with Gasteiger partial charge in [0.15, 0.2) is 5.78 Å². The van der Waals surface area contributed by atoms with E-state index in [0.29, 0.717) is 5.69 Å². The number of carbonyl (C=O) groups excluding carboxylic acids is 2. The zero-order chi connectivity index (χ0) is 11.4. The van der Waals surface area contributed by atoms with Gasteiger partial charge < -0.3 is 5.32 Å². The van der Waals surface area contributed by atoms with Gasteiger partial charge in [-0.25, -0.2) is 4.98 Å². The van der Waals surface area contributed by atoms with E-state index < -0.39 is 0 Å². The van der Waals surface area contributed by atoms with Crippen LogP contribution < -0.4 is 5.32 Å². The SMILES string of the molecule is CC(=O)Nc1cc(C#N)nc(C(C)=O)c1.